The van der Waals surface area contributed by atoms with Gasteiger partial charge in [-0.3, -0.25) is 0 Å². The molecule has 1 rings (SSSR count). The van der Waals surface area contributed by atoms with Crippen LogP contribution in [0.5, 0.6) is 5.75 Å². The first-order valence-corrected chi connectivity index (χ1v) is 4.55. The quantitative estimate of drug-likeness (QED) is 0.209. The largest absolute Gasteiger partial charge is 0.419 e. The third-order valence-corrected chi connectivity index (χ3v) is 2.25. The number of hydrogen-bond acceptors (Lipinski definition) is 2. The van der Waals surface area contributed by atoms with E-state index in [2.05, 4.69) is 27.2 Å². The predicted molar refractivity (Wildman–Crippen MR) is 49.8 cm³/mol. The van der Waals surface area contributed by atoms with E-state index in [4.69, 9.17) is 0 Å². The van der Waals surface area contributed by atoms with Crippen LogP contribution in [-0.4, -0.2) is 5.97 Å². The van der Waals surface area contributed by atoms with Gasteiger partial charge in [0, 0.05) is 6.08 Å². The summed E-state index contributed by atoms with van der Waals surface area (Å²) >= 11 is 2.44. The average molecular weight is 299 g/mol. The van der Waals surface area contributed by atoms with Gasteiger partial charge in [0.15, 0.2) is 17.4 Å². The Morgan fingerprint density at radius 2 is 1.62 bits per heavy atom. The zero-order valence-corrected chi connectivity index (χ0v) is 9.08. The highest BCUT2D eigenvalue weighted by Crippen LogP contribution is 2.34. The van der Waals surface area contributed by atoms with Crippen LogP contribution >= 0.6 is 15.9 Å². The minimum Gasteiger partial charge on any atom is -0.419 e. The molecule has 0 amide bonds. The number of benzene rings is 1. The lowest BCUT2D eigenvalue weighted by molar-refractivity contribution is -0.129. The van der Waals surface area contributed by atoms with Crippen LogP contribution in [0.3, 0.4) is 0 Å². The molecule has 0 aliphatic heterocycles. The van der Waals surface area contributed by atoms with Crippen molar-refractivity contribution < 1.29 is 27.1 Å². The third kappa shape index (κ3) is 2.08. The molecule has 0 heterocycles. The second-order valence-corrected chi connectivity index (χ2v) is 3.32. The molecule has 2 nitrogen and oxygen atoms in total. The molecule has 86 valence electrons. The Morgan fingerprint density at radius 3 is 2.12 bits per heavy atom. The average Bonchev–Trinajstić information content (AvgIpc) is 2.29. The van der Waals surface area contributed by atoms with Crippen LogP contribution in [0.15, 0.2) is 17.1 Å². The summed E-state index contributed by atoms with van der Waals surface area (Å²) < 4.78 is 54.8. The fourth-order valence-electron chi connectivity index (χ4n) is 0.817. The van der Waals surface area contributed by atoms with Gasteiger partial charge in [-0.2, -0.15) is 4.39 Å². The minimum atomic E-state index is -2.06. The molecular formula is C9H3BrF4O2. The first kappa shape index (κ1) is 12.7. The van der Waals surface area contributed by atoms with Gasteiger partial charge < -0.3 is 4.74 Å². The molecule has 1 aromatic rings. The summed E-state index contributed by atoms with van der Waals surface area (Å²) in [6, 6.07) is 0. The molecule has 0 aromatic heterocycles. The Balaban J connectivity index is 3.39. The van der Waals surface area contributed by atoms with Gasteiger partial charge in [0.05, 0.1) is 0 Å². The van der Waals surface area contributed by atoms with Crippen molar-refractivity contribution >= 4 is 21.9 Å². The Bertz CT molecular complexity index is 444. The summed E-state index contributed by atoms with van der Waals surface area (Å²) in [6.45, 7) is 3.00. The van der Waals surface area contributed by atoms with E-state index in [1.807, 2.05) is 0 Å². The molecule has 0 unspecified atom stereocenters. The highest BCUT2D eigenvalue weighted by molar-refractivity contribution is 9.10. The van der Waals surface area contributed by atoms with Crippen LogP contribution in [0.25, 0.3) is 0 Å². The number of ether oxygens (including phenoxy) is 1. The van der Waals surface area contributed by atoms with Crippen molar-refractivity contribution in [3.05, 3.63) is 40.4 Å². The van der Waals surface area contributed by atoms with Crippen LogP contribution in [0, 0.1) is 23.3 Å². The molecule has 0 bridgehead atoms. The van der Waals surface area contributed by atoms with E-state index < -0.39 is 39.5 Å². The SMILES string of the molecule is C=CC(=O)Oc1c(F)c(F)c(F)c(F)c1Br. The predicted octanol–water partition coefficient (Wildman–Crippen LogP) is 3.10. The summed E-state index contributed by atoms with van der Waals surface area (Å²) in [7, 11) is 0. The van der Waals surface area contributed by atoms with E-state index in [1.165, 1.54) is 0 Å². The highest BCUT2D eigenvalue weighted by Gasteiger charge is 2.26. The number of halogens is 5. The molecule has 0 spiro atoms. The molecule has 0 radical (unpaired) electrons. The normalized spacial score (nSPS) is 10.1. The van der Waals surface area contributed by atoms with Gasteiger partial charge in [0.2, 0.25) is 11.6 Å². The maximum absolute atomic E-state index is 13.1. The molecule has 0 N–H and O–H groups in total. The first-order valence-electron chi connectivity index (χ1n) is 3.75. The van der Waals surface area contributed by atoms with E-state index in [1.54, 1.807) is 0 Å². The minimum absolute atomic E-state index is 0.658. The van der Waals surface area contributed by atoms with Crippen molar-refractivity contribution in [2.75, 3.05) is 0 Å². The van der Waals surface area contributed by atoms with Crippen LogP contribution in [-0.2, 0) is 4.79 Å². The lowest BCUT2D eigenvalue weighted by atomic mass is 10.3. The van der Waals surface area contributed by atoms with Gasteiger partial charge >= 0.3 is 5.97 Å². The standard InChI is InChI=1S/C9H3BrF4O2/c1-2-3(15)16-9-4(10)5(11)6(12)7(13)8(9)14/h2H,1H2. The summed E-state index contributed by atoms with van der Waals surface area (Å²) in [5, 5.41) is 0. The zero-order valence-electron chi connectivity index (χ0n) is 7.49. The van der Waals surface area contributed by atoms with Crippen molar-refractivity contribution in [1.82, 2.24) is 0 Å². The monoisotopic (exact) mass is 298 g/mol. The van der Waals surface area contributed by atoms with Crippen LogP contribution < -0.4 is 4.74 Å². The molecule has 0 saturated carbocycles. The molecular weight excluding hydrogens is 296 g/mol. The van der Waals surface area contributed by atoms with Gasteiger partial charge in [0.25, 0.3) is 0 Å². The number of carbonyl (C=O) groups excluding carboxylic acids is 1. The number of esters is 1. The van der Waals surface area contributed by atoms with Gasteiger partial charge in [0.1, 0.15) is 4.47 Å². The van der Waals surface area contributed by atoms with Gasteiger partial charge in [-0.05, 0) is 15.9 Å². The number of rotatable bonds is 2. The summed E-state index contributed by atoms with van der Waals surface area (Å²) in [4.78, 5) is 10.7. The second kappa shape index (κ2) is 4.65. The van der Waals surface area contributed by atoms with Crippen molar-refractivity contribution in [1.29, 1.82) is 0 Å². The molecule has 7 heteroatoms. The van der Waals surface area contributed by atoms with E-state index in [9.17, 15) is 22.4 Å². The van der Waals surface area contributed by atoms with E-state index in [-0.39, 0.29) is 0 Å². The maximum Gasteiger partial charge on any atom is 0.335 e. The molecule has 0 aliphatic rings. The first-order chi connectivity index (χ1) is 7.40. The molecule has 16 heavy (non-hydrogen) atoms. The molecule has 0 fully saturated rings. The Labute approximate surface area is 95.6 Å². The van der Waals surface area contributed by atoms with Crippen molar-refractivity contribution in [2.45, 2.75) is 0 Å². The van der Waals surface area contributed by atoms with E-state index >= 15 is 0 Å². The topological polar surface area (TPSA) is 26.3 Å². The lowest BCUT2D eigenvalue weighted by Gasteiger charge is -2.08. The van der Waals surface area contributed by atoms with Crippen LogP contribution in [0.1, 0.15) is 0 Å². The Kier molecular flexibility index (Phi) is 3.69. The van der Waals surface area contributed by atoms with Gasteiger partial charge in [-0.25, -0.2) is 18.0 Å². The lowest BCUT2D eigenvalue weighted by Crippen LogP contribution is -2.09. The van der Waals surface area contributed by atoms with Crippen LogP contribution in [0.4, 0.5) is 17.6 Å². The summed E-state index contributed by atoms with van der Waals surface area (Å²) in [6.07, 6.45) is 0.658. The molecule has 0 aliphatic carbocycles. The van der Waals surface area contributed by atoms with Crippen molar-refractivity contribution in [2.24, 2.45) is 0 Å². The second-order valence-electron chi connectivity index (χ2n) is 2.52. The van der Waals surface area contributed by atoms with Crippen LogP contribution in [0.2, 0.25) is 0 Å². The van der Waals surface area contributed by atoms with Gasteiger partial charge in [-0.15, -0.1) is 0 Å². The third-order valence-electron chi connectivity index (χ3n) is 1.54. The summed E-state index contributed by atoms with van der Waals surface area (Å²) in [5.74, 6) is -9.76. The fourth-order valence-corrected chi connectivity index (χ4v) is 1.25. The van der Waals surface area contributed by atoms with E-state index in [0.717, 1.165) is 0 Å². The maximum atomic E-state index is 13.1. The smallest absolute Gasteiger partial charge is 0.335 e. The molecule has 0 atom stereocenters. The fraction of sp³-hybridized carbons (Fsp3) is 0. The molecule has 1 aromatic carbocycles. The van der Waals surface area contributed by atoms with Gasteiger partial charge in [-0.1, -0.05) is 6.58 Å². The van der Waals surface area contributed by atoms with Crippen molar-refractivity contribution in [3.8, 4) is 5.75 Å². The Hall–Kier alpha value is -1.37. The zero-order chi connectivity index (χ0) is 12.5. The Morgan fingerprint density at radius 1 is 1.12 bits per heavy atom. The molecule has 0 saturated heterocycles. The van der Waals surface area contributed by atoms with Crippen molar-refractivity contribution in [3.63, 3.8) is 0 Å². The number of carbonyl (C=O) groups is 1. The highest BCUT2D eigenvalue weighted by atomic mass is 79.9. The van der Waals surface area contributed by atoms with E-state index in [0.29, 0.717) is 6.08 Å². The summed E-state index contributed by atoms with van der Waals surface area (Å²) in [5.41, 5.74) is 0. The number of hydrogen-bond donors (Lipinski definition) is 0.